The Bertz CT molecular complexity index is 742. The van der Waals surface area contributed by atoms with Crippen molar-refractivity contribution in [1.82, 2.24) is 9.62 Å². The van der Waals surface area contributed by atoms with Gasteiger partial charge in [0.05, 0.1) is 18.1 Å². The first-order valence-electron chi connectivity index (χ1n) is 7.65. The van der Waals surface area contributed by atoms with Gasteiger partial charge in [-0.15, -0.1) is 0 Å². The molecular formula is C16H19BrN2O3S2. The minimum Gasteiger partial charge on any atom is -0.379 e. The Morgan fingerprint density at radius 3 is 2.54 bits per heavy atom. The molecule has 0 amide bonds. The summed E-state index contributed by atoms with van der Waals surface area (Å²) in [6.45, 7) is 3.32. The summed E-state index contributed by atoms with van der Waals surface area (Å²) in [5.41, 5.74) is 1.14. The summed E-state index contributed by atoms with van der Waals surface area (Å²) >= 11 is 4.94. The molecule has 0 radical (unpaired) electrons. The first-order chi connectivity index (χ1) is 11.6. The fourth-order valence-electron chi connectivity index (χ4n) is 2.70. The van der Waals surface area contributed by atoms with Crippen molar-refractivity contribution in [3.63, 3.8) is 0 Å². The summed E-state index contributed by atoms with van der Waals surface area (Å²) in [6, 6.07) is 8.73. The second-order valence-electron chi connectivity index (χ2n) is 5.53. The molecular weight excluding hydrogens is 412 g/mol. The summed E-state index contributed by atoms with van der Waals surface area (Å²) in [5, 5.41) is 4.10. The van der Waals surface area contributed by atoms with E-state index in [4.69, 9.17) is 4.74 Å². The van der Waals surface area contributed by atoms with Crippen LogP contribution in [0.2, 0.25) is 0 Å². The van der Waals surface area contributed by atoms with Gasteiger partial charge >= 0.3 is 0 Å². The van der Waals surface area contributed by atoms with Gasteiger partial charge in [0, 0.05) is 30.1 Å². The molecule has 0 bridgehead atoms. The molecule has 130 valence electrons. The standard InChI is InChI=1S/C16H19BrN2O3S2/c17-14-1-3-15(4-2-14)24(20,21)18-11-16(13-5-10-23-12-13)19-6-8-22-9-7-19/h1-5,10,12,16,18H,6-9,11H2. The molecule has 5 nitrogen and oxygen atoms in total. The van der Waals surface area contributed by atoms with Crippen LogP contribution in [0, 0.1) is 0 Å². The number of nitrogens with zero attached hydrogens (tertiary/aromatic N) is 1. The Balaban J connectivity index is 1.74. The van der Waals surface area contributed by atoms with Gasteiger partial charge in [-0.2, -0.15) is 11.3 Å². The molecule has 1 N–H and O–H groups in total. The van der Waals surface area contributed by atoms with E-state index < -0.39 is 10.0 Å². The van der Waals surface area contributed by atoms with E-state index in [2.05, 4.69) is 37.0 Å². The van der Waals surface area contributed by atoms with Gasteiger partial charge < -0.3 is 4.74 Å². The van der Waals surface area contributed by atoms with Crippen molar-refractivity contribution in [2.45, 2.75) is 10.9 Å². The Hall–Kier alpha value is -0.770. The van der Waals surface area contributed by atoms with Crippen molar-refractivity contribution in [2.75, 3.05) is 32.8 Å². The maximum Gasteiger partial charge on any atom is 0.240 e. The molecule has 2 aromatic rings. The predicted octanol–water partition coefficient (Wildman–Crippen LogP) is 2.86. The van der Waals surface area contributed by atoms with Crippen LogP contribution in [0.5, 0.6) is 0 Å². The SMILES string of the molecule is O=S(=O)(NCC(c1ccsc1)N1CCOCC1)c1ccc(Br)cc1. The molecule has 1 aromatic carbocycles. The average molecular weight is 431 g/mol. The number of ether oxygens (including phenoxy) is 1. The third-order valence-electron chi connectivity index (χ3n) is 4.01. The van der Waals surface area contributed by atoms with Crippen LogP contribution in [0.15, 0.2) is 50.5 Å². The lowest BCUT2D eigenvalue weighted by Gasteiger charge is -2.34. The van der Waals surface area contributed by atoms with Crippen LogP contribution >= 0.6 is 27.3 Å². The van der Waals surface area contributed by atoms with E-state index >= 15 is 0 Å². The Kier molecular flexibility index (Phi) is 6.07. The third-order valence-corrected chi connectivity index (χ3v) is 6.67. The normalized spacial score (nSPS) is 17.7. The van der Waals surface area contributed by atoms with Gasteiger partial charge in [0.15, 0.2) is 0 Å². The lowest BCUT2D eigenvalue weighted by Crippen LogP contribution is -2.43. The van der Waals surface area contributed by atoms with Crippen LogP contribution < -0.4 is 4.72 Å². The second-order valence-corrected chi connectivity index (χ2v) is 8.99. The maximum absolute atomic E-state index is 12.5. The summed E-state index contributed by atoms with van der Waals surface area (Å²) < 4.78 is 34.1. The Morgan fingerprint density at radius 2 is 1.92 bits per heavy atom. The minimum absolute atomic E-state index is 0.0189. The highest BCUT2D eigenvalue weighted by Crippen LogP contribution is 2.24. The third kappa shape index (κ3) is 4.44. The molecule has 24 heavy (non-hydrogen) atoms. The molecule has 1 aliphatic heterocycles. The van der Waals surface area contributed by atoms with Crippen LogP contribution in [0.3, 0.4) is 0 Å². The number of benzene rings is 1. The zero-order valence-corrected chi connectivity index (χ0v) is 16.2. The predicted molar refractivity (Wildman–Crippen MR) is 98.8 cm³/mol. The Labute approximate surface area is 154 Å². The van der Waals surface area contributed by atoms with Crippen LogP contribution in [-0.2, 0) is 14.8 Å². The van der Waals surface area contributed by atoms with Crippen molar-refractivity contribution in [3.05, 3.63) is 51.1 Å². The number of hydrogen-bond donors (Lipinski definition) is 1. The van der Waals surface area contributed by atoms with Gasteiger partial charge in [-0.05, 0) is 46.7 Å². The van der Waals surface area contributed by atoms with E-state index in [9.17, 15) is 8.42 Å². The zero-order valence-electron chi connectivity index (χ0n) is 13.0. The molecule has 1 fully saturated rings. The van der Waals surface area contributed by atoms with Crippen molar-refractivity contribution in [3.8, 4) is 0 Å². The topological polar surface area (TPSA) is 58.6 Å². The van der Waals surface area contributed by atoms with Crippen LogP contribution in [0.4, 0.5) is 0 Å². The molecule has 3 rings (SSSR count). The number of morpholine rings is 1. The lowest BCUT2D eigenvalue weighted by atomic mass is 10.1. The Morgan fingerprint density at radius 1 is 1.21 bits per heavy atom. The van der Waals surface area contributed by atoms with Crippen molar-refractivity contribution in [2.24, 2.45) is 0 Å². The number of nitrogens with one attached hydrogen (secondary N) is 1. The van der Waals surface area contributed by atoms with Crippen molar-refractivity contribution < 1.29 is 13.2 Å². The molecule has 1 atom stereocenters. The van der Waals surface area contributed by atoms with Gasteiger partial charge in [0.25, 0.3) is 0 Å². The number of thiophene rings is 1. The first-order valence-corrected chi connectivity index (χ1v) is 10.9. The van der Waals surface area contributed by atoms with Crippen molar-refractivity contribution in [1.29, 1.82) is 0 Å². The molecule has 2 heterocycles. The number of halogens is 1. The van der Waals surface area contributed by atoms with Crippen molar-refractivity contribution >= 4 is 37.3 Å². The van der Waals surface area contributed by atoms with E-state index in [0.29, 0.717) is 19.8 Å². The fourth-order valence-corrected chi connectivity index (χ4v) is 4.71. The van der Waals surface area contributed by atoms with Gasteiger partial charge in [0.1, 0.15) is 0 Å². The van der Waals surface area contributed by atoms with Gasteiger partial charge in [0.2, 0.25) is 10.0 Å². The summed E-state index contributed by atoms with van der Waals surface area (Å²) in [7, 11) is -3.53. The minimum atomic E-state index is -3.53. The quantitative estimate of drug-likeness (QED) is 0.765. The largest absolute Gasteiger partial charge is 0.379 e. The molecule has 1 unspecified atom stereocenters. The summed E-state index contributed by atoms with van der Waals surface area (Å²) in [6.07, 6.45) is 0. The highest BCUT2D eigenvalue weighted by molar-refractivity contribution is 9.10. The lowest BCUT2D eigenvalue weighted by molar-refractivity contribution is 0.0173. The smallest absolute Gasteiger partial charge is 0.240 e. The van der Waals surface area contributed by atoms with Gasteiger partial charge in [-0.1, -0.05) is 15.9 Å². The zero-order chi connectivity index (χ0) is 17.0. The summed E-state index contributed by atoms with van der Waals surface area (Å²) in [4.78, 5) is 2.55. The van der Waals surface area contributed by atoms with E-state index in [0.717, 1.165) is 23.1 Å². The average Bonchev–Trinajstić information content (AvgIpc) is 3.11. The molecule has 8 heteroatoms. The first kappa shape index (κ1) is 18.0. The maximum atomic E-state index is 12.5. The van der Waals surface area contributed by atoms with Crippen LogP contribution in [0.25, 0.3) is 0 Å². The molecule has 0 saturated carbocycles. The van der Waals surface area contributed by atoms with Crippen LogP contribution in [0.1, 0.15) is 11.6 Å². The number of rotatable bonds is 6. The van der Waals surface area contributed by atoms with E-state index in [-0.39, 0.29) is 10.9 Å². The highest BCUT2D eigenvalue weighted by Gasteiger charge is 2.25. The van der Waals surface area contributed by atoms with E-state index in [1.807, 2.05) is 5.38 Å². The highest BCUT2D eigenvalue weighted by atomic mass is 79.9. The molecule has 1 aromatic heterocycles. The molecule has 1 aliphatic rings. The monoisotopic (exact) mass is 430 g/mol. The number of sulfonamides is 1. The molecule has 1 saturated heterocycles. The molecule has 0 spiro atoms. The molecule has 0 aliphatic carbocycles. The van der Waals surface area contributed by atoms with Crippen LogP contribution in [-0.4, -0.2) is 46.2 Å². The number of hydrogen-bond acceptors (Lipinski definition) is 5. The second kappa shape index (κ2) is 8.07. The van der Waals surface area contributed by atoms with E-state index in [1.54, 1.807) is 35.6 Å². The van der Waals surface area contributed by atoms with E-state index in [1.165, 1.54) is 0 Å². The summed E-state index contributed by atoms with van der Waals surface area (Å²) in [5.74, 6) is 0. The fraction of sp³-hybridized carbons (Fsp3) is 0.375. The van der Waals surface area contributed by atoms with Gasteiger partial charge in [-0.25, -0.2) is 13.1 Å². The van der Waals surface area contributed by atoms with Gasteiger partial charge in [-0.3, -0.25) is 4.90 Å².